The Kier molecular flexibility index (Phi) is 5.93. The first kappa shape index (κ1) is 14.2. The van der Waals surface area contributed by atoms with E-state index in [-0.39, 0.29) is 37.1 Å². The van der Waals surface area contributed by atoms with Crippen LogP contribution in [0.1, 0.15) is 23.9 Å². The molecule has 2 N–H and O–H groups in total. The number of hydrogen-bond acceptors (Lipinski definition) is 4. The van der Waals surface area contributed by atoms with Gasteiger partial charge in [0.2, 0.25) is 5.91 Å². The molecule has 0 saturated carbocycles. The van der Waals surface area contributed by atoms with Crippen LogP contribution in [0.4, 0.5) is 0 Å². The zero-order chi connectivity index (χ0) is 13.4. The number of aliphatic hydroxyl groups is 1. The van der Waals surface area contributed by atoms with Crippen molar-refractivity contribution in [3.05, 3.63) is 24.2 Å². The van der Waals surface area contributed by atoms with E-state index in [0.29, 0.717) is 13.1 Å². The van der Waals surface area contributed by atoms with Gasteiger partial charge in [0, 0.05) is 26.1 Å². The maximum Gasteiger partial charge on any atom is 0.286 e. The van der Waals surface area contributed by atoms with Crippen LogP contribution in [-0.4, -0.2) is 48.1 Å². The maximum atomic E-state index is 11.7. The fraction of sp³-hybridized carbons (Fsp3) is 0.500. The predicted octanol–water partition coefficient (Wildman–Crippen LogP) is 0.240. The highest BCUT2D eigenvalue weighted by atomic mass is 16.3. The molecule has 6 heteroatoms. The molecule has 1 rings (SSSR count). The molecule has 1 aromatic rings. The van der Waals surface area contributed by atoms with Crippen molar-refractivity contribution in [2.45, 2.75) is 13.3 Å². The van der Waals surface area contributed by atoms with Gasteiger partial charge in [0.05, 0.1) is 12.9 Å². The molecule has 0 atom stereocenters. The number of aliphatic hydroxyl groups excluding tert-OH is 1. The lowest BCUT2D eigenvalue weighted by Crippen LogP contribution is -2.36. The van der Waals surface area contributed by atoms with Crippen LogP contribution in [0.3, 0.4) is 0 Å². The van der Waals surface area contributed by atoms with Crippen molar-refractivity contribution >= 4 is 11.8 Å². The summed E-state index contributed by atoms with van der Waals surface area (Å²) in [4.78, 5) is 24.7. The molecule has 6 nitrogen and oxygen atoms in total. The molecule has 0 aliphatic rings. The van der Waals surface area contributed by atoms with Crippen LogP contribution < -0.4 is 5.32 Å². The maximum absolute atomic E-state index is 11.7. The van der Waals surface area contributed by atoms with Crippen molar-refractivity contribution in [1.29, 1.82) is 0 Å². The average Bonchev–Trinajstić information content (AvgIpc) is 2.89. The monoisotopic (exact) mass is 254 g/mol. The first-order valence-corrected chi connectivity index (χ1v) is 5.89. The quantitative estimate of drug-likeness (QED) is 0.730. The minimum Gasteiger partial charge on any atom is -0.459 e. The van der Waals surface area contributed by atoms with Gasteiger partial charge in [-0.25, -0.2) is 0 Å². The van der Waals surface area contributed by atoms with Crippen LogP contribution >= 0.6 is 0 Å². The van der Waals surface area contributed by atoms with Crippen molar-refractivity contribution in [1.82, 2.24) is 10.2 Å². The van der Waals surface area contributed by atoms with Gasteiger partial charge in [0.1, 0.15) is 0 Å². The largest absolute Gasteiger partial charge is 0.459 e. The Morgan fingerprint density at radius 3 is 2.83 bits per heavy atom. The van der Waals surface area contributed by atoms with E-state index in [4.69, 9.17) is 9.52 Å². The number of carbonyl (C=O) groups excluding carboxylic acids is 2. The topological polar surface area (TPSA) is 82.8 Å². The lowest BCUT2D eigenvalue weighted by atomic mass is 10.3. The highest BCUT2D eigenvalue weighted by Crippen LogP contribution is 1.99. The molecule has 1 heterocycles. The van der Waals surface area contributed by atoms with E-state index in [1.807, 2.05) is 6.92 Å². The molecule has 1 aromatic heterocycles. The summed E-state index contributed by atoms with van der Waals surface area (Å²) < 4.78 is 4.92. The van der Waals surface area contributed by atoms with E-state index >= 15 is 0 Å². The molecule has 0 saturated heterocycles. The molecule has 18 heavy (non-hydrogen) atoms. The molecular weight excluding hydrogens is 236 g/mol. The van der Waals surface area contributed by atoms with Gasteiger partial charge in [-0.05, 0) is 19.1 Å². The van der Waals surface area contributed by atoms with Gasteiger partial charge >= 0.3 is 0 Å². The number of hydrogen-bond donors (Lipinski definition) is 2. The number of likely N-dealkylation sites (N-methyl/N-ethyl adjacent to an activating group) is 1. The van der Waals surface area contributed by atoms with Crippen molar-refractivity contribution in [3.63, 3.8) is 0 Å². The summed E-state index contributed by atoms with van der Waals surface area (Å²) >= 11 is 0. The Balaban J connectivity index is 2.28. The van der Waals surface area contributed by atoms with Crippen molar-refractivity contribution in [2.75, 3.05) is 26.2 Å². The standard InChI is InChI=1S/C12H18N2O4/c1-2-14(7-8-15)11(16)5-6-13-12(17)10-4-3-9-18-10/h3-4,9,15H,2,5-8H2,1H3,(H,13,17). The normalized spacial score (nSPS) is 10.1. The van der Waals surface area contributed by atoms with Gasteiger partial charge in [0.15, 0.2) is 5.76 Å². The molecule has 0 aliphatic heterocycles. The third-order valence-electron chi connectivity index (χ3n) is 2.47. The first-order valence-electron chi connectivity index (χ1n) is 5.89. The second-order valence-electron chi connectivity index (χ2n) is 3.68. The number of furan rings is 1. The second-order valence-corrected chi connectivity index (χ2v) is 3.68. The van der Waals surface area contributed by atoms with Gasteiger partial charge in [0.25, 0.3) is 5.91 Å². The summed E-state index contributed by atoms with van der Waals surface area (Å²) in [5.74, 6) is -0.200. The Morgan fingerprint density at radius 1 is 1.50 bits per heavy atom. The molecule has 0 bridgehead atoms. The molecule has 0 aliphatic carbocycles. The van der Waals surface area contributed by atoms with Crippen LogP contribution in [0, 0.1) is 0 Å². The molecule has 0 radical (unpaired) electrons. The highest BCUT2D eigenvalue weighted by molar-refractivity contribution is 5.91. The summed E-state index contributed by atoms with van der Waals surface area (Å²) in [6.07, 6.45) is 1.63. The van der Waals surface area contributed by atoms with Crippen molar-refractivity contribution in [3.8, 4) is 0 Å². The molecule has 0 aromatic carbocycles. The summed E-state index contributed by atoms with van der Waals surface area (Å²) in [6.45, 7) is 2.90. The third kappa shape index (κ3) is 4.21. The second kappa shape index (κ2) is 7.50. The van der Waals surface area contributed by atoms with E-state index in [1.165, 1.54) is 6.26 Å². The molecule has 2 amide bonds. The molecule has 100 valence electrons. The third-order valence-corrected chi connectivity index (χ3v) is 2.47. The van der Waals surface area contributed by atoms with Gasteiger partial charge in [-0.15, -0.1) is 0 Å². The Morgan fingerprint density at radius 2 is 2.28 bits per heavy atom. The fourth-order valence-corrected chi connectivity index (χ4v) is 1.52. The van der Waals surface area contributed by atoms with Gasteiger partial charge in [-0.3, -0.25) is 9.59 Å². The van der Waals surface area contributed by atoms with Crippen LogP contribution in [0.5, 0.6) is 0 Å². The average molecular weight is 254 g/mol. The van der Waals surface area contributed by atoms with E-state index < -0.39 is 0 Å². The number of carbonyl (C=O) groups is 2. The van der Waals surface area contributed by atoms with Crippen molar-refractivity contribution in [2.24, 2.45) is 0 Å². The smallest absolute Gasteiger partial charge is 0.286 e. The van der Waals surface area contributed by atoms with Crippen LogP contribution in [-0.2, 0) is 4.79 Å². The van der Waals surface area contributed by atoms with Crippen LogP contribution in [0.2, 0.25) is 0 Å². The Labute approximate surface area is 106 Å². The summed E-state index contributed by atoms with van der Waals surface area (Å²) in [5.41, 5.74) is 0. The SMILES string of the molecule is CCN(CCO)C(=O)CCNC(=O)c1ccco1. The summed E-state index contributed by atoms with van der Waals surface area (Å²) in [5, 5.41) is 11.4. The van der Waals surface area contributed by atoms with Crippen LogP contribution in [0.15, 0.2) is 22.8 Å². The van der Waals surface area contributed by atoms with Gasteiger partial charge in [-0.1, -0.05) is 0 Å². The van der Waals surface area contributed by atoms with Gasteiger partial charge in [-0.2, -0.15) is 0 Å². The Hall–Kier alpha value is -1.82. The van der Waals surface area contributed by atoms with Gasteiger partial charge < -0.3 is 19.7 Å². The lowest BCUT2D eigenvalue weighted by molar-refractivity contribution is -0.131. The number of rotatable bonds is 7. The van der Waals surface area contributed by atoms with E-state index in [0.717, 1.165) is 0 Å². The predicted molar refractivity (Wildman–Crippen MR) is 65.0 cm³/mol. The van der Waals surface area contributed by atoms with Crippen LogP contribution in [0.25, 0.3) is 0 Å². The first-order chi connectivity index (χ1) is 8.69. The van der Waals surface area contributed by atoms with Crippen molar-refractivity contribution < 1.29 is 19.1 Å². The minimum absolute atomic E-state index is 0.0572. The molecule has 0 unspecified atom stereocenters. The zero-order valence-electron chi connectivity index (χ0n) is 10.4. The fourth-order valence-electron chi connectivity index (χ4n) is 1.52. The Bertz CT molecular complexity index is 375. The lowest BCUT2D eigenvalue weighted by Gasteiger charge is -2.19. The minimum atomic E-state index is -0.335. The van der Waals surface area contributed by atoms with E-state index in [1.54, 1.807) is 17.0 Å². The highest BCUT2D eigenvalue weighted by Gasteiger charge is 2.12. The zero-order valence-corrected chi connectivity index (χ0v) is 10.4. The molecular formula is C12H18N2O4. The van der Waals surface area contributed by atoms with E-state index in [2.05, 4.69) is 5.32 Å². The number of amides is 2. The number of nitrogens with zero attached hydrogens (tertiary/aromatic N) is 1. The summed E-state index contributed by atoms with van der Waals surface area (Å²) in [7, 11) is 0. The molecule has 0 spiro atoms. The molecule has 0 fully saturated rings. The van der Waals surface area contributed by atoms with E-state index in [9.17, 15) is 9.59 Å². The number of nitrogens with one attached hydrogen (secondary N) is 1. The summed E-state index contributed by atoms with van der Waals surface area (Å²) in [6, 6.07) is 3.18.